The highest BCUT2D eigenvalue weighted by Gasteiger charge is 2.07. The van der Waals surface area contributed by atoms with Gasteiger partial charge in [-0.25, -0.2) is 5.43 Å². The van der Waals surface area contributed by atoms with E-state index in [1.54, 1.807) is 37.7 Å². The van der Waals surface area contributed by atoms with Crippen molar-refractivity contribution >= 4 is 12.1 Å². The molecule has 0 saturated carbocycles. The zero-order chi connectivity index (χ0) is 17.4. The zero-order valence-electron chi connectivity index (χ0n) is 14.0. The summed E-state index contributed by atoms with van der Waals surface area (Å²) in [6.07, 6.45) is 4.64. The van der Waals surface area contributed by atoms with Crippen molar-refractivity contribution < 1.29 is 14.3 Å². The number of nitrogens with one attached hydrogen (secondary N) is 1. The highest BCUT2D eigenvalue weighted by atomic mass is 16.5. The Bertz CT molecular complexity index is 700. The molecule has 0 atom stereocenters. The average molecular weight is 327 g/mol. The van der Waals surface area contributed by atoms with Gasteiger partial charge in [-0.2, -0.15) is 5.10 Å². The molecule has 0 spiro atoms. The number of pyridine rings is 1. The predicted octanol–water partition coefficient (Wildman–Crippen LogP) is 2.89. The van der Waals surface area contributed by atoms with Gasteiger partial charge in [0.1, 0.15) is 0 Å². The Kier molecular flexibility index (Phi) is 6.31. The second-order valence-electron chi connectivity index (χ2n) is 5.56. The summed E-state index contributed by atoms with van der Waals surface area (Å²) in [4.78, 5) is 15.8. The third-order valence-electron chi connectivity index (χ3n) is 3.06. The van der Waals surface area contributed by atoms with Crippen LogP contribution in [0.4, 0.5) is 0 Å². The number of hydrogen-bond donors (Lipinski definition) is 1. The molecular formula is C18H21N3O3. The zero-order valence-corrected chi connectivity index (χ0v) is 14.0. The highest BCUT2D eigenvalue weighted by Crippen LogP contribution is 2.27. The SMILES string of the molecule is COc1ccc(/C=N\NC(=O)c2cccnc2)cc1OCC(C)C. The maximum absolute atomic E-state index is 11.9. The smallest absolute Gasteiger partial charge is 0.272 e. The van der Waals surface area contributed by atoms with Gasteiger partial charge in [0.15, 0.2) is 11.5 Å². The van der Waals surface area contributed by atoms with Crippen LogP contribution in [0.25, 0.3) is 0 Å². The number of carbonyl (C=O) groups is 1. The monoisotopic (exact) mass is 327 g/mol. The number of methoxy groups -OCH3 is 1. The number of amides is 1. The van der Waals surface area contributed by atoms with E-state index in [2.05, 4.69) is 29.4 Å². The third-order valence-corrected chi connectivity index (χ3v) is 3.06. The third kappa shape index (κ3) is 5.08. The van der Waals surface area contributed by atoms with Crippen molar-refractivity contribution in [3.63, 3.8) is 0 Å². The van der Waals surface area contributed by atoms with Crippen LogP contribution in [0, 0.1) is 5.92 Å². The summed E-state index contributed by atoms with van der Waals surface area (Å²) in [7, 11) is 1.60. The maximum Gasteiger partial charge on any atom is 0.272 e. The number of aromatic nitrogens is 1. The van der Waals surface area contributed by atoms with Crippen molar-refractivity contribution in [1.82, 2.24) is 10.4 Å². The Morgan fingerprint density at radius 2 is 2.17 bits per heavy atom. The number of ether oxygens (including phenoxy) is 2. The van der Waals surface area contributed by atoms with E-state index < -0.39 is 0 Å². The lowest BCUT2D eigenvalue weighted by molar-refractivity contribution is 0.0955. The van der Waals surface area contributed by atoms with Crippen LogP contribution in [-0.2, 0) is 0 Å². The molecule has 0 aliphatic carbocycles. The van der Waals surface area contributed by atoms with Crippen molar-refractivity contribution in [3.05, 3.63) is 53.9 Å². The van der Waals surface area contributed by atoms with Gasteiger partial charge in [0, 0.05) is 12.4 Å². The first-order valence-electron chi connectivity index (χ1n) is 7.64. The van der Waals surface area contributed by atoms with Gasteiger partial charge in [-0.3, -0.25) is 9.78 Å². The minimum atomic E-state index is -0.316. The highest BCUT2D eigenvalue weighted by molar-refractivity contribution is 5.94. The van der Waals surface area contributed by atoms with E-state index >= 15 is 0 Å². The topological polar surface area (TPSA) is 72.8 Å². The van der Waals surface area contributed by atoms with E-state index in [1.165, 1.54) is 6.20 Å². The van der Waals surface area contributed by atoms with Crippen LogP contribution < -0.4 is 14.9 Å². The lowest BCUT2D eigenvalue weighted by Gasteiger charge is -2.12. The Morgan fingerprint density at radius 3 is 2.83 bits per heavy atom. The molecule has 6 nitrogen and oxygen atoms in total. The maximum atomic E-state index is 11.9. The second-order valence-corrected chi connectivity index (χ2v) is 5.56. The summed E-state index contributed by atoms with van der Waals surface area (Å²) >= 11 is 0. The summed E-state index contributed by atoms with van der Waals surface area (Å²) in [5.41, 5.74) is 3.71. The summed E-state index contributed by atoms with van der Waals surface area (Å²) in [5, 5.41) is 3.96. The van der Waals surface area contributed by atoms with Crippen molar-refractivity contribution in [3.8, 4) is 11.5 Å². The molecule has 0 bridgehead atoms. The Hall–Kier alpha value is -2.89. The van der Waals surface area contributed by atoms with Crippen LogP contribution in [0.1, 0.15) is 29.8 Å². The van der Waals surface area contributed by atoms with Gasteiger partial charge < -0.3 is 9.47 Å². The number of carbonyl (C=O) groups excluding carboxylic acids is 1. The van der Waals surface area contributed by atoms with E-state index in [0.29, 0.717) is 29.6 Å². The normalized spacial score (nSPS) is 10.8. The lowest BCUT2D eigenvalue weighted by Crippen LogP contribution is -2.17. The first kappa shape index (κ1) is 17.5. The van der Waals surface area contributed by atoms with E-state index in [9.17, 15) is 4.79 Å². The molecule has 24 heavy (non-hydrogen) atoms. The van der Waals surface area contributed by atoms with E-state index in [1.807, 2.05) is 12.1 Å². The molecule has 0 fully saturated rings. The Labute approximate surface area is 141 Å². The first-order valence-corrected chi connectivity index (χ1v) is 7.64. The molecule has 1 aromatic carbocycles. The largest absolute Gasteiger partial charge is 0.493 e. The molecule has 1 amide bonds. The van der Waals surface area contributed by atoms with Gasteiger partial charge in [0.25, 0.3) is 5.91 Å². The number of hydrogen-bond acceptors (Lipinski definition) is 5. The quantitative estimate of drug-likeness (QED) is 0.627. The number of hydrazone groups is 1. The first-order chi connectivity index (χ1) is 11.6. The van der Waals surface area contributed by atoms with Gasteiger partial charge in [0.05, 0.1) is 25.5 Å². The van der Waals surface area contributed by atoms with Crippen LogP contribution in [0.5, 0.6) is 11.5 Å². The fraction of sp³-hybridized carbons (Fsp3) is 0.278. The summed E-state index contributed by atoms with van der Waals surface area (Å²) in [5.74, 6) is 1.40. The predicted molar refractivity (Wildman–Crippen MR) is 92.6 cm³/mol. The van der Waals surface area contributed by atoms with Crippen LogP contribution in [0.3, 0.4) is 0 Å². The van der Waals surface area contributed by atoms with Gasteiger partial charge >= 0.3 is 0 Å². The van der Waals surface area contributed by atoms with Crippen LogP contribution in [0.15, 0.2) is 47.8 Å². The van der Waals surface area contributed by atoms with E-state index in [0.717, 1.165) is 5.56 Å². The molecule has 2 aromatic rings. The van der Waals surface area contributed by atoms with Crippen LogP contribution in [-0.4, -0.2) is 30.8 Å². The van der Waals surface area contributed by atoms with Crippen molar-refractivity contribution in [1.29, 1.82) is 0 Å². The molecule has 0 saturated heterocycles. The number of rotatable bonds is 7. The molecule has 126 valence electrons. The minimum Gasteiger partial charge on any atom is -0.493 e. The standard InChI is InChI=1S/C18H21N3O3/c1-13(2)12-24-17-9-14(6-7-16(17)23-3)10-20-21-18(22)15-5-4-8-19-11-15/h4-11,13H,12H2,1-3H3,(H,21,22)/b20-10-. The van der Waals surface area contributed by atoms with Gasteiger partial charge in [-0.05, 0) is 41.8 Å². The molecule has 1 aromatic heterocycles. The summed E-state index contributed by atoms with van der Waals surface area (Å²) in [6.45, 7) is 4.74. The molecular weight excluding hydrogens is 306 g/mol. The molecule has 0 radical (unpaired) electrons. The van der Waals surface area contributed by atoms with Crippen LogP contribution in [0.2, 0.25) is 0 Å². The average Bonchev–Trinajstić information content (AvgIpc) is 2.60. The second kappa shape index (κ2) is 8.67. The van der Waals surface area contributed by atoms with Crippen molar-refractivity contribution in [2.24, 2.45) is 11.0 Å². The van der Waals surface area contributed by atoms with Gasteiger partial charge in [-0.15, -0.1) is 0 Å². The summed E-state index contributed by atoms with van der Waals surface area (Å²) in [6, 6.07) is 8.82. The van der Waals surface area contributed by atoms with Crippen molar-refractivity contribution in [2.45, 2.75) is 13.8 Å². The lowest BCUT2D eigenvalue weighted by atomic mass is 10.2. The molecule has 2 rings (SSSR count). The van der Waals surface area contributed by atoms with E-state index in [-0.39, 0.29) is 5.91 Å². The fourth-order valence-corrected chi connectivity index (χ4v) is 1.87. The molecule has 0 unspecified atom stereocenters. The fourth-order valence-electron chi connectivity index (χ4n) is 1.87. The Balaban J connectivity index is 2.03. The minimum absolute atomic E-state index is 0.316. The summed E-state index contributed by atoms with van der Waals surface area (Å²) < 4.78 is 11.0. The Morgan fingerprint density at radius 1 is 1.33 bits per heavy atom. The molecule has 6 heteroatoms. The number of nitrogens with zero attached hydrogens (tertiary/aromatic N) is 2. The van der Waals surface area contributed by atoms with Crippen molar-refractivity contribution in [2.75, 3.05) is 13.7 Å². The molecule has 1 N–H and O–H groups in total. The van der Waals surface area contributed by atoms with Gasteiger partial charge in [-0.1, -0.05) is 13.8 Å². The number of benzene rings is 1. The van der Waals surface area contributed by atoms with Crippen LogP contribution >= 0.6 is 0 Å². The molecule has 1 heterocycles. The van der Waals surface area contributed by atoms with E-state index in [4.69, 9.17) is 9.47 Å². The van der Waals surface area contributed by atoms with Gasteiger partial charge in [0.2, 0.25) is 0 Å². The molecule has 0 aliphatic heterocycles. The molecule has 0 aliphatic rings.